The summed E-state index contributed by atoms with van der Waals surface area (Å²) in [6, 6.07) is 10.9. The molecule has 2 aromatic rings. The summed E-state index contributed by atoms with van der Waals surface area (Å²) >= 11 is 0. The summed E-state index contributed by atoms with van der Waals surface area (Å²) in [5, 5.41) is 9.26. The average molecular weight is 486 g/mol. The van der Waals surface area contributed by atoms with Gasteiger partial charge in [0.25, 0.3) is 5.91 Å². The first-order chi connectivity index (χ1) is 15.2. The molecule has 0 aromatic heterocycles. The number of rotatable bonds is 7. The van der Waals surface area contributed by atoms with E-state index >= 15 is 0 Å². The van der Waals surface area contributed by atoms with Crippen molar-refractivity contribution in [3.63, 3.8) is 0 Å². The van der Waals surface area contributed by atoms with Crippen molar-refractivity contribution in [1.82, 2.24) is 14.1 Å². The van der Waals surface area contributed by atoms with E-state index in [4.69, 9.17) is 9.47 Å². The number of hydrogen-bond acceptors (Lipinski definition) is 8. The van der Waals surface area contributed by atoms with Gasteiger partial charge in [0.05, 0.1) is 24.0 Å². The van der Waals surface area contributed by atoms with Gasteiger partial charge in [0.1, 0.15) is 11.5 Å². The van der Waals surface area contributed by atoms with Gasteiger partial charge < -0.3 is 9.47 Å². The number of carbonyl (C=O) groups is 1. The second kappa shape index (κ2) is 9.42. The zero-order valence-electron chi connectivity index (χ0n) is 17.3. The van der Waals surface area contributed by atoms with Crippen molar-refractivity contribution in [2.75, 3.05) is 27.3 Å². The lowest BCUT2D eigenvalue weighted by Crippen LogP contribution is -2.62. The first kappa shape index (κ1) is 23.9. The summed E-state index contributed by atoms with van der Waals surface area (Å²) in [5.41, 5.74) is 1.39. The number of benzene rings is 2. The normalized spacial score (nSPS) is 16.5. The van der Waals surface area contributed by atoms with Crippen molar-refractivity contribution in [2.45, 2.75) is 22.4 Å². The molecule has 11 nitrogen and oxygen atoms in total. The predicted molar refractivity (Wildman–Crippen MR) is 112 cm³/mol. The van der Waals surface area contributed by atoms with Crippen LogP contribution in [0.4, 0.5) is 0 Å². The summed E-state index contributed by atoms with van der Waals surface area (Å²) in [7, 11) is -5.74. The topological polar surface area (TPSA) is 143 Å². The Bertz CT molecular complexity index is 1080. The Labute approximate surface area is 186 Å². The van der Waals surface area contributed by atoms with E-state index in [9.17, 15) is 26.8 Å². The van der Waals surface area contributed by atoms with Gasteiger partial charge in [0, 0.05) is 13.1 Å². The summed E-state index contributed by atoms with van der Waals surface area (Å²) in [4.78, 5) is 12.2. The number of hydroxylamine groups is 1. The molecule has 1 amide bonds. The summed E-state index contributed by atoms with van der Waals surface area (Å²) in [6.45, 7) is -0.248. The number of methoxy groups -OCH3 is 2. The molecule has 174 valence electrons. The molecule has 1 fully saturated rings. The lowest BCUT2D eigenvalue weighted by atomic mass is 10.3. The van der Waals surface area contributed by atoms with Gasteiger partial charge in [-0.2, -0.15) is 8.61 Å². The third-order valence-electron chi connectivity index (χ3n) is 4.98. The van der Waals surface area contributed by atoms with E-state index in [0.717, 1.165) is 8.61 Å². The van der Waals surface area contributed by atoms with Crippen molar-refractivity contribution in [2.24, 2.45) is 0 Å². The van der Waals surface area contributed by atoms with Gasteiger partial charge >= 0.3 is 0 Å². The van der Waals surface area contributed by atoms with Crippen LogP contribution in [-0.4, -0.2) is 70.0 Å². The number of nitrogens with zero attached hydrogens (tertiary/aromatic N) is 2. The van der Waals surface area contributed by atoms with Gasteiger partial charge in [-0.1, -0.05) is 0 Å². The van der Waals surface area contributed by atoms with E-state index in [2.05, 4.69) is 0 Å². The highest BCUT2D eigenvalue weighted by Crippen LogP contribution is 2.30. The Hall–Kier alpha value is -2.71. The van der Waals surface area contributed by atoms with E-state index in [-0.39, 0.29) is 29.3 Å². The third kappa shape index (κ3) is 4.42. The molecule has 3 rings (SSSR count). The Kier molecular flexibility index (Phi) is 7.05. The molecule has 0 radical (unpaired) electrons. The van der Waals surface area contributed by atoms with E-state index in [1.807, 2.05) is 0 Å². The van der Waals surface area contributed by atoms with Crippen molar-refractivity contribution in [3.8, 4) is 11.5 Å². The van der Waals surface area contributed by atoms with Crippen LogP contribution in [0.25, 0.3) is 0 Å². The SMILES string of the molecule is COc1ccc(S(=O)(=O)N2CCCN(S(=O)(=O)c3ccc(OC)cc3)C2C(=O)NO)cc1. The standard InChI is InChI=1S/C19H23N3O8S2/c1-29-14-4-8-16(9-5-14)31(25,26)21-12-3-13-22(19(21)18(23)20-24)32(27,28)17-10-6-15(30-2)7-11-17/h4-11,19,24H,3,12-13H2,1-2H3,(H,20,23). The molecule has 2 N–H and O–H groups in total. The molecule has 0 spiro atoms. The molecule has 0 bridgehead atoms. The van der Waals surface area contributed by atoms with Crippen LogP contribution in [0, 0.1) is 0 Å². The van der Waals surface area contributed by atoms with Crippen LogP contribution in [0.2, 0.25) is 0 Å². The highest BCUT2D eigenvalue weighted by atomic mass is 32.2. The highest BCUT2D eigenvalue weighted by molar-refractivity contribution is 7.90. The second-order valence-corrected chi connectivity index (χ2v) is 10.6. The third-order valence-corrected chi connectivity index (χ3v) is 8.71. The first-order valence-electron chi connectivity index (χ1n) is 9.42. The minimum absolute atomic E-state index is 0.124. The number of hydrogen-bond donors (Lipinski definition) is 2. The Morgan fingerprint density at radius 2 is 1.22 bits per heavy atom. The number of nitrogens with one attached hydrogen (secondary N) is 1. The predicted octanol–water partition coefficient (Wildman–Crippen LogP) is 0.621. The minimum Gasteiger partial charge on any atom is -0.497 e. The van der Waals surface area contributed by atoms with Crippen LogP contribution in [0.3, 0.4) is 0 Å². The lowest BCUT2D eigenvalue weighted by Gasteiger charge is -2.40. The average Bonchev–Trinajstić information content (AvgIpc) is 2.83. The first-order valence-corrected chi connectivity index (χ1v) is 12.3. The fourth-order valence-electron chi connectivity index (χ4n) is 3.36. The molecule has 0 atom stereocenters. The molecule has 1 aliphatic rings. The Morgan fingerprint density at radius 3 is 1.53 bits per heavy atom. The van der Waals surface area contributed by atoms with Gasteiger partial charge in [-0.25, -0.2) is 22.3 Å². The van der Waals surface area contributed by atoms with E-state index in [1.54, 1.807) is 0 Å². The van der Waals surface area contributed by atoms with Crippen molar-refractivity contribution >= 4 is 26.0 Å². The van der Waals surface area contributed by atoms with Gasteiger partial charge in [-0.15, -0.1) is 0 Å². The Balaban J connectivity index is 2.05. The quantitative estimate of drug-likeness (QED) is 0.429. The van der Waals surface area contributed by atoms with Crippen LogP contribution in [0.15, 0.2) is 58.3 Å². The highest BCUT2D eigenvalue weighted by Gasteiger charge is 2.47. The van der Waals surface area contributed by atoms with Crippen molar-refractivity contribution in [1.29, 1.82) is 0 Å². The maximum atomic E-state index is 13.3. The molecule has 32 heavy (non-hydrogen) atoms. The lowest BCUT2D eigenvalue weighted by molar-refractivity contribution is -0.138. The van der Waals surface area contributed by atoms with Crippen LogP contribution in [0.1, 0.15) is 6.42 Å². The zero-order valence-corrected chi connectivity index (χ0v) is 19.0. The molecule has 0 unspecified atom stereocenters. The van der Waals surface area contributed by atoms with Gasteiger partial charge in [0.2, 0.25) is 20.0 Å². The second-order valence-electron chi connectivity index (χ2n) is 6.79. The minimum atomic E-state index is -4.30. The fraction of sp³-hybridized carbons (Fsp3) is 0.316. The van der Waals surface area contributed by atoms with Crippen molar-refractivity contribution in [3.05, 3.63) is 48.5 Å². The molecule has 1 saturated heterocycles. The van der Waals surface area contributed by atoms with Crippen molar-refractivity contribution < 1.29 is 36.3 Å². The van der Waals surface area contributed by atoms with Crippen LogP contribution < -0.4 is 15.0 Å². The maximum Gasteiger partial charge on any atom is 0.277 e. The molecule has 0 aliphatic carbocycles. The number of carbonyl (C=O) groups excluding carboxylic acids is 1. The monoisotopic (exact) mass is 485 g/mol. The molecule has 1 heterocycles. The molecule has 2 aromatic carbocycles. The van der Waals surface area contributed by atoms with Crippen LogP contribution >= 0.6 is 0 Å². The summed E-state index contributed by atoms with van der Waals surface area (Å²) in [6.07, 6.45) is -1.69. The summed E-state index contributed by atoms with van der Waals surface area (Å²) < 4.78 is 64.8. The van der Waals surface area contributed by atoms with Crippen LogP contribution in [0.5, 0.6) is 11.5 Å². The van der Waals surface area contributed by atoms with E-state index in [1.165, 1.54) is 68.2 Å². The fourth-order valence-corrected chi connectivity index (χ4v) is 6.60. The number of ether oxygens (including phenoxy) is 2. The van der Waals surface area contributed by atoms with E-state index < -0.39 is 32.1 Å². The number of amides is 1. The maximum absolute atomic E-state index is 13.3. The molecule has 13 heteroatoms. The van der Waals surface area contributed by atoms with Crippen LogP contribution in [-0.2, 0) is 24.8 Å². The molecular weight excluding hydrogens is 462 g/mol. The number of sulfonamides is 2. The van der Waals surface area contributed by atoms with Gasteiger partial charge in [-0.05, 0) is 55.0 Å². The smallest absolute Gasteiger partial charge is 0.277 e. The van der Waals surface area contributed by atoms with E-state index in [0.29, 0.717) is 11.5 Å². The van der Waals surface area contributed by atoms with Gasteiger partial charge in [0.15, 0.2) is 6.17 Å². The molecule has 0 saturated carbocycles. The van der Waals surface area contributed by atoms with Gasteiger partial charge in [-0.3, -0.25) is 10.0 Å². The zero-order chi connectivity index (χ0) is 23.5. The molecule has 1 aliphatic heterocycles. The molecular formula is C19H23N3O8S2. The largest absolute Gasteiger partial charge is 0.497 e. The summed E-state index contributed by atoms with van der Waals surface area (Å²) in [5.74, 6) is -0.342. The Morgan fingerprint density at radius 1 is 0.844 bits per heavy atom.